The Morgan fingerprint density at radius 3 is 2.36 bits per heavy atom. The molecule has 0 amide bonds. The Morgan fingerprint density at radius 1 is 0.964 bits per heavy atom. The molecule has 28 heavy (non-hydrogen) atoms. The molecule has 1 aliphatic rings. The van der Waals surface area contributed by atoms with Crippen LogP contribution in [0.4, 0.5) is 13.2 Å². The van der Waals surface area contributed by atoms with Crippen LogP contribution in [0.25, 0.3) is 0 Å². The molecule has 2 aromatic rings. The fourth-order valence-corrected chi connectivity index (χ4v) is 2.72. The number of rotatable bonds is 8. The number of halogens is 3. The van der Waals surface area contributed by atoms with Crippen molar-refractivity contribution in [3.05, 3.63) is 54.7 Å². The highest BCUT2D eigenvalue weighted by molar-refractivity contribution is 5.34. The van der Waals surface area contributed by atoms with Gasteiger partial charge in [0.1, 0.15) is 17.2 Å². The summed E-state index contributed by atoms with van der Waals surface area (Å²) in [5.41, 5.74) is 0. The number of nitrogens with zero attached hydrogens (tertiary/aromatic N) is 2. The van der Waals surface area contributed by atoms with Crippen LogP contribution in [0, 0.1) is 0 Å². The monoisotopic (exact) mass is 394 g/mol. The number of pyridine rings is 1. The van der Waals surface area contributed by atoms with Crippen molar-refractivity contribution in [2.75, 3.05) is 26.2 Å². The maximum atomic E-state index is 12.1. The quantitative estimate of drug-likeness (QED) is 0.475. The molecule has 2 heterocycles. The van der Waals surface area contributed by atoms with Crippen LogP contribution in [-0.4, -0.2) is 42.5 Å². The van der Waals surface area contributed by atoms with Crippen LogP contribution < -0.4 is 14.2 Å². The first-order chi connectivity index (χ1) is 13.5. The zero-order valence-corrected chi connectivity index (χ0v) is 15.2. The smallest absolute Gasteiger partial charge is 0.494 e. The van der Waals surface area contributed by atoms with Gasteiger partial charge in [-0.1, -0.05) is 12.2 Å². The molecule has 8 heteroatoms. The summed E-state index contributed by atoms with van der Waals surface area (Å²) < 4.78 is 51.4. The first-order valence-corrected chi connectivity index (χ1v) is 8.98. The number of hydrogen-bond acceptors (Lipinski definition) is 5. The fourth-order valence-electron chi connectivity index (χ4n) is 2.72. The van der Waals surface area contributed by atoms with E-state index in [1.165, 1.54) is 6.07 Å². The summed E-state index contributed by atoms with van der Waals surface area (Å²) in [5, 5.41) is 0. The number of hydrogen-bond donors (Lipinski definition) is 0. The second kappa shape index (κ2) is 9.45. The summed E-state index contributed by atoms with van der Waals surface area (Å²) in [7, 11) is 0. The SMILES string of the molecule is FC(F)(F)Oc1ccc(Oc2ccc(OCCCN3CC=CCC3)cc2)nc1. The van der Waals surface area contributed by atoms with Crippen molar-refractivity contribution >= 4 is 0 Å². The molecule has 0 N–H and O–H groups in total. The largest absolute Gasteiger partial charge is 0.573 e. The molecular formula is C20H21F3N2O3. The van der Waals surface area contributed by atoms with E-state index in [1.54, 1.807) is 24.3 Å². The van der Waals surface area contributed by atoms with E-state index in [1.807, 2.05) is 0 Å². The lowest BCUT2D eigenvalue weighted by Gasteiger charge is -2.22. The Bertz CT molecular complexity index is 762. The Hall–Kier alpha value is -2.74. The second-order valence-corrected chi connectivity index (χ2v) is 6.22. The van der Waals surface area contributed by atoms with Crippen molar-refractivity contribution in [3.8, 4) is 23.1 Å². The van der Waals surface area contributed by atoms with Crippen LogP contribution in [0.5, 0.6) is 23.1 Å². The predicted octanol–water partition coefficient (Wildman–Crippen LogP) is 4.80. The van der Waals surface area contributed by atoms with Crippen molar-refractivity contribution < 1.29 is 27.4 Å². The van der Waals surface area contributed by atoms with Gasteiger partial charge >= 0.3 is 6.36 Å². The summed E-state index contributed by atoms with van der Waals surface area (Å²) in [6.45, 7) is 3.73. The Kier molecular flexibility index (Phi) is 6.76. The van der Waals surface area contributed by atoms with Gasteiger partial charge in [0.15, 0.2) is 0 Å². The molecule has 0 aliphatic carbocycles. The maximum absolute atomic E-state index is 12.1. The highest BCUT2D eigenvalue weighted by Crippen LogP contribution is 2.26. The third-order valence-corrected chi connectivity index (χ3v) is 4.02. The van der Waals surface area contributed by atoms with Gasteiger partial charge in [-0.15, -0.1) is 13.2 Å². The molecule has 3 rings (SSSR count). The highest BCUT2D eigenvalue weighted by Gasteiger charge is 2.31. The minimum Gasteiger partial charge on any atom is -0.494 e. The average molecular weight is 394 g/mol. The van der Waals surface area contributed by atoms with Crippen LogP contribution in [-0.2, 0) is 0 Å². The third kappa shape index (κ3) is 6.77. The van der Waals surface area contributed by atoms with E-state index in [4.69, 9.17) is 9.47 Å². The van der Waals surface area contributed by atoms with Crippen LogP contribution in [0.3, 0.4) is 0 Å². The lowest BCUT2D eigenvalue weighted by molar-refractivity contribution is -0.274. The zero-order chi connectivity index (χ0) is 19.8. The minimum absolute atomic E-state index is 0.166. The first-order valence-electron chi connectivity index (χ1n) is 8.98. The summed E-state index contributed by atoms with van der Waals surface area (Å²) in [5.74, 6) is 1.00. The Morgan fingerprint density at radius 2 is 1.71 bits per heavy atom. The number of aromatic nitrogens is 1. The number of benzene rings is 1. The molecule has 0 unspecified atom stereocenters. The molecule has 0 saturated heterocycles. The second-order valence-electron chi connectivity index (χ2n) is 6.22. The van der Waals surface area contributed by atoms with Gasteiger partial charge in [0.2, 0.25) is 5.88 Å². The van der Waals surface area contributed by atoms with E-state index in [0.717, 1.165) is 50.5 Å². The van der Waals surface area contributed by atoms with E-state index in [0.29, 0.717) is 12.4 Å². The molecule has 0 bridgehead atoms. The van der Waals surface area contributed by atoms with E-state index < -0.39 is 12.1 Å². The molecule has 0 fully saturated rings. The Balaban J connectivity index is 1.42. The van der Waals surface area contributed by atoms with E-state index in [2.05, 4.69) is 26.8 Å². The summed E-state index contributed by atoms with van der Waals surface area (Å²) in [6, 6.07) is 9.44. The molecule has 1 aromatic carbocycles. The summed E-state index contributed by atoms with van der Waals surface area (Å²) in [6.07, 6.45) is 2.66. The van der Waals surface area contributed by atoms with Crippen LogP contribution in [0.1, 0.15) is 12.8 Å². The summed E-state index contributed by atoms with van der Waals surface area (Å²) in [4.78, 5) is 6.18. The minimum atomic E-state index is -4.75. The van der Waals surface area contributed by atoms with Gasteiger partial charge in [-0.05, 0) is 43.2 Å². The van der Waals surface area contributed by atoms with Crippen molar-refractivity contribution in [1.82, 2.24) is 9.88 Å². The van der Waals surface area contributed by atoms with Gasteiger partial charge < -0.3 is 14.2 Å². The van der Waals surface area contributed by atoms with E-state index in [9.17, 15) is 13.2 Å². The molecule has 5 nitrogen and oxygen atoms in total. The van der Waals surface area contributed by atoms with Crippen molar-refractivity contribution in [2.45, 2.75) is 19.2 Å². The fraction of sp³-hybridized carbons (Fsp3) is 0.350. The first kappa shape index (κ1) is 20.0. The van der Waals surface area contributed by atoms with Gasteiger partial charge in [-0.2, -0.15) is 0 Å². The molecule has 0 saturated carbocycles. The van der Waals surface area contributed by atoms with E-state index >= 15 is 0 Å². The van der Waals surface area contributed by atoms with Crippen LogP contribution in [0.15, 0.2) is 54.7 Å². The van der Waals surface area contributed by atoms with Crippen molar-refractivity contribution in [1.29, 1.82) is 0 Å². The zero-order valence-electron chi connectivity index (χ0n) is 15.2. The number of alkyl halides is 3. The van der Waals surface area contributed by atoms with Crippen LogP contribution >= 0.6 is 0 Å². The highest BCUT2D eigenvalue weighted by atomic mass is 19.4. The maximum Gasteiger partial charge on any atom is 0.573 e. The predicted molar refractivity (Wildman–Crippen MR) is 97.7 cm³/mol. The van der Waals surface area contributed by atoms with Crippen molar-refractivity contribution in [3.63, 3.8) is 0 Å². The molecule has 0 radical (unpaired) electrons. The van der Waals surface area contributed by atoms with Gasteiger partial charge in [0.05, 0.1) is 12.8 Å². The van der Waals surface area contributed by atoms with Gasteiger partial charge in [-0.3, -0.25) is 4.90 Å². The molecule has 150 valence electrons. The average Bonchev–Trinajstić information content (AvgIpc) is 2.68. The summed E-state index contributed by atoms with van der Waals surface area (Å²) >= 11 is 0. The molecule has 1 aliphatic heterocycles. The van der Waals surface area contributed by atoms with Crippen molar-refractivity contribution in [2.24, 2.45) is 0 Å². The van der Waals surface area contributed by atoms with Gasteiger partial charge in [0.25, 0.3) is 0 Å². The topological polar surface area (TPSA) is 43.8 Å². The molecule has 0 spiro atoms. The normalized spacial score (nSPS) is 14.7. The van der Waals surface area contributed by atoms with Crippen LogP contribution in [0.2, 0.25) is 0 Å². The van der Waals surface area contributed by atoms with Gasteiger partial charge in [-0.25, -0.2) is 4.98 Å². The molecular weight excluding hydrogens is 373 g/mol. The third-order valence-electron chi connectivity index (χ3n) is 4.02. The Labute approximate surface area is 161 Å². The lowest BCUT2D eigenvalue weighted by Crippen LogP contribution is -2.29. The molecule has 0 atom stereocenters. The molecule has 1 aromatic heterocycles. The van der Waals surface area contributed by atoms with Gasteiger partial charge in [0, 0.05) is 25.7 Å². The van der Waals surface area contributed by atoms with E-state index in [-0.39, 0.29) is 5.88 Å². The number of ether oxygens (including phenoxy) is 3. The standard InChI is InChI=1S/C20H21F3N2O3/c21-20(22,23)28-18-9-10-19(24-15-18)27-17-7-5-16(6-8-17)26-14-4-13-25-11-2-1-3-12-25/h1-2,5-10,15H,3-4,11-14H2. The lowest BCUT2D eigenvalue weighted by atomic mass is 10.2.